The second kappa shape index (κ2) is 9.75. The van der Waals surface area contributed by atoms with Crippen LogP contribution in [-0.4, -0.2) is 32.7 Å². The number of carbonyl (C=O) groups excluding carboxylic acids is 1. The van der Waals surface area contributed by atoms with Crippen LogP contribution in [-0.2, 0) is 16.1 Å². The van der Waals surface area contributed by atoms with Crippen LogP contribution in [0.3, 0.4) is 0 Å². The van der Waals surface area contributed by atoms with Crippen LogP contribution < -0.4 is 5.32 Å². The zero-order chi connectivity index (χ0) is 23.5. The highest BCUT2D eigenvalue weighted by Gasteiger charge is 2.44. The first kappa shape index (κ1) is 22.3. The minimum atomic E-state index is -0.279. The maximum atomic E-state index is 12.7. The number of anilines is 1. The molecule has 1 N–H and O–H groups in total. The van der Waals surface area contributed by atoms with Crippen molar-refractivity contribution in [2.45, 2.75) is 45.2 Å². The summed E-state index contributed by atoms with van der Waals surface area (Å²) in [5, 5.41) is 7.38. The number of ether oxygens (including phenoxy) is 2. The van der Waals surface area contributed by atoms with Crippen LogP contribution in [0.2, 0.25) is 0 Å². The molecular weight excluding hydrogens is 428 g/mol. The molecule has 4 aromatic rings. The molecule has 34 heavy (non-hydrogen) atoms. The Kier molecular flexibility index (Phi) is 6.38. The van der Waals surface area contributed by atoms with E-state index < -0.39 is 0 Å². The van der Waals surface area contributed by atoms with Crippen molar-refractivity contribution in [3.8, 4) is 0 Å². The molecule has 7 nitrogen and oxygen atoms in total. The summed E-state index contributed by atoms with van der Waals surface area (Å²) in [6.45, 7) is 4.83. The number of fused-ring (bicyclic) bond motifs is 1. The van der Waals surface area contributed by atoms with E-state index in [0.29, 0.717) is 23.5 Å². The van der Waals surface area contributed by atoms with Gasteiger partial charge in [-0.1, -0.05) is 62.4 Å². The first-order valence-corrected chi connectivity index (χ1v) is 11.7. The highest BCUT2D eigenvalue weighted by atomic mass is 16.6. The Hall–Kier alpha value is -3.55. The Labute approximate surface area is 198 Å². The van der Waals surface area contributed by atoms with Gasteiger partial charge in [0.2, 0.25) is 0 Å². The molecule has 0 aliphatic carbocycles. The molecule has 1 unspecified atom stereocenters. The third kappa shape index (κ3) is 4.32. The van der Waals surface area contributed by atoms with Gasteiger partial charge in [-0.15, -0.1) is 0 Å². The Morgan fingerprint density at radius 1 is 1.06 bits per heavy atom. The third-order valence-electron chi connectivity index (χ3n) is 6.45. The second-order valence-corrected chi connectivity index (χ2v) is 8.61. The molecule has 5 rings (SSSR count). The largest absolute Gasteiger partial charge is 0.370 e. The molecule has 7 heteroatoms. The van der Waals surface area contributed by atoms with Crippen LogP contribution in [0.1, 0.15) is 48.0 Å². The van der Waals surface area contributed by atoms with E-state index in [0.717, 1.165) is 17.7 Å². The SMILES string of the molecule is CC[C@H]1O[C@@H](c2ccc3c(NC(=O)c4ccccc4)ncnn23)C(OCc2ccccc2)[C@@H]1C. The summed E-state index contributed by atoms with van der Waals surface area (Å²) >= 11 is 0. The van der Waals surface area contributed by atoms with Crippen molar-refractivity contribution < 1.29 is 14.3 Å². The molecule has 0 radical (unpaired) electrons. The van der Waals surface area contributed by atoms with Crippen molar-refractivity contribution in [2.75, 3.05) is 5.32 Å². The minimum absolute atomic E-state index is 0.0930. The lowest BCUT2D eigenvalue weighted by atomic mass is 9.95. The van der Waals surface area contributed by atoms with Crippen molar-refractivity contribution in [2.24, 2.45) is 5.92 Å². The van der Waals surface area contributed by atoms with Crippen LogP contribution >= 0.6 is 0 Å². The molecule has 0 bridgehead atoms. The number of aromatic nitrogens is 3. The molecule has 1 aliphatic rings. The van der Waals surface area contributed by atoms with Crippen molar-refractivity contribution in [1.82, 2.24) is 14.6 Å². The zero-order valence-corrected chi connectivity index (χ0v) is 19.3. The molecule has 1 fully saturated rings. The molecule has 3 heterocycles. The number of hydrogen-bond donors (Lipinski definition) is 1. The molecule has 0 saturated carbocycles. The van der Waals surface area contributed by atoms with Crippen LogP contribution in [0.4, 0.5) is 5.82 Å². The molecule has 2 aromatic carbocycles. The summed E-state index contributed by atoms with van der Waals surface area (Å²) in [5.41, 5.74) is 3.29. The molecule has 1 aliphatic heterocycles. The topological polar surface area (TPSA) is 77.8 Å². The van der Waals surface area contributed by atoms with Gasteiger partial charge in [0.15, 0.2) is 5.82 Å². The molecule has 2 aromatic heterocycles. The predicted molar refractivity (Wildman–Crippen MR) is 129 cm³/mol. The molecule has 1 amide bonds. The summed E-state index contributed by atoms with van der Waals surface area (Å²) < 4.78 is 14.7. The zero-order valence-electron chi connectivity index (χ0n) is 19.3. The lowest BCUT2D eigenvalue weighted by molar-refractivity contribution is -0.0362. The number of hydrogen-bond acceptors (Lipinski definition) is 5. The standard InChI is InChI=1S/C27H28N4O3/c1-3-23-18(2)24(33-16-19-10-6-4-7-11-19)25(34-23)21-14-15-22-26(28-17-29-31(21)22)30-27(32)20-12-8-5-9-13-20/h4-15,17-18,23-25H,3,16H2,1-2H3,(H,28,29,30,32)/t18-,23-,24?,25+/m1/s1. The van der Waals surface area contributed by atoms with E-state index in [1.165, 1.54) is 6.33 Å². The average molecular weight is 457 g/mol. The number of benzene rings is 2. The first-order chi connectivity index (χ1) is 16.7. The summed E-state index contributed by atoms with van der Waals surface area (Å²) in [6, 6.07) is 23.1. The fraction of sp³-hybridized carbons (Fsp3) is 0.296. The van der Waals surface area contributed by atoms with Crippen LogP contribution in [0.15, 0.2) is 79.1 Å². The smallest absolute Gasteiger partial charge is 0.256 e. The molecular formula is C27H28N4O3. The number of amides is 1. The van der Waals surface area contributed by atoms with E-state index >= 15 is 0 Å². The van der Waals surface area contributed by atoms with Crippen LogP contribution in [0.25, 0.3) is 5.52 Å². The normalized spacial score (nSPS) is 22.2. The quantitative estimate of drug-likeness (QED) is 0.421. The highest BCUT2D eigenvalue weighted by Crippen LogP contribution is 2.41. The number of nitrogens with one attached hydrogen (secondary N) is 1. The third-order valence-corrected chi connectivity index (χ3v) is 6.45. The fourth-order valence-corrected chi connectivity index (χ4v) is 4.62. The van der Waals surface area contributed by atoms with Gasteiger partial charge in [0.25, 0.3) is 5.91 Å². The first-order valence-electron chi connectivity index (χ1n) is 11.7. The summed E-state index contributed by atoms with van der Waals surface area (Å²) in [5.74, 6) is 0.461. The van der Waals surface area contributed by atoms with Crippen LogP contribution in [0, 0.1) is 5.92 Å². The molecule has 174 valence electrons. The fourth-order valence-electron chi connectivity index (χ4n) is 4.62. The Balaban J connectivity index is 1.43. The van der Waals surface area contributed by atoms with Crippen LogP contribution in [0.5, 0.6) is 0 Å². The molecule has 4 atom stereocenters. The van der Waals surface area contributed by atoms with Gasteiger partial charge >= 0.3 is 0 Å². The maximum absolute atomic E-state index is 12.7. The van der Waals surface area contributed by atoms with Gasteiger partial charge in [-0.3, -0.25) is 4.79 Å². The average Bonchev–Trinajstić information content (AvgIpc) is 3.45. The molecule has 1 saturated heterocycles. The minimum Gasteiger partial charge on any atom is -0.370 e. The van der Waals surface area contributed by atoms with Gasteiger partial charge in [-0.2, -0.15) is 5.10 Å². The van der Waals surface area contributed by atoms with E-state index in [2.05, 4.69) is 41.4 Å². The lowest BCUT2D eigenvalue weighted by Gasteiger charge is -2.22. The van der Waals surface area contributed by atoms with Gasteiger partial charge in [-0.05, 0) is 36.2 Å². The van der Waals surface area contributed by atoms with Gasteiger partial charge in [0, 0.05) is 11.5 Å². The van der Waals surface area contributed by atoms with Gasteiger partial charge < -0.3 is 14.8 Å². The Morgan fingerprint density at radius 3 is 2.53 bits per heavy atom. The number of carbonyl (C=O) groups is 1. The summed E-state index contributed by atoms with van der Waals surface area (Å²) in [7, 11) is 0. The van der Waals surface area contributed by atoms with E-state index in [4.69, 9.17) is 9.47 Å². The number of rotatable bonds is 7. The lowest BCUT2D eigenvalue weighted by Crippen LogP contribution is -2.26. The van der Waals surface area contributed by atoms with E-state index in [-0.39, 0.29) is 30.1 Å². The van der Waals surface area contributed by atoms with Crippen molar-refractivity contribution in [1.29, 1.82) is 0 Å². The van der Waals surface area contributed by atoms with Gasteiger partial charge in [0.05, 0.1) is 24.5 Å². The van der Waals surface area contributed by atoms with E-state index in [1.807, 2.05) is 48.5 Å². The van der Waals surface area contributed by atoms with E-state index in [9.17, 15) is 4.79 Å². The Morgan fingerprint density at radius 2 is 1.79 bits per heavy atom. The van der Waals surface area contributed by atoms with Crippen molar-refractivity contribution in [3.63, 3.8) is 0 Å². The number of nitrogens with zero attached hydrogens (tertiary/aromatic N) is 3. The van der Waals surface area contributed by atoms with Crippen molar-refractivity contribution in [3.05, 3.63) is 95.9 Å². The highest BCUT2D eigenvalue weighted by molar-refractivity contribution is 6.05. The van der Waals surface area contributed by atoms with Gasteiger partial charge in [-0.25, -0.2) is 9.50 Å². The second-order valence-electron chi connectivity index (χ2n) is 8.61. The maximum Gasteiger partial charge on any atom is 0.256 e. The predicted octanol–water partition coefficient (Wildman–Crippen LogP) is 5.05. The molecule has 0 spiro atoms. The summed E-state index contributed by atoms with van der Waals surface area (Å²) in [6.07, 6.45) is 2.04. The summed E-state index contributed by atoms with van der Waals surface area (Å²) in [4.78, 5) is 17.0. The van der Waals surface area contributed by atoms with E-state index in [1.54, 1.807) is 16.6 Å². The van der Waals surface area contributed by atoms with Gasteiger partial charge in [0.1, 0.15) is 17.9 Å². The van der Waals surface area contributed by atoms with Crippen molar-refractivity contribution >= 4 is 17.2 Å². The Bertz CT molecular complexity index is 1260. The monoisotopic (exact) mass is 456 g/mol.